The summed E-state index contributed by atoms with van der Waals surface area (Å²) in [4.78, 5) is 32.8. The zero-order valence-corrected chi connectivity index (χ0v) is 18.5. The quantitative estimate of drug-likeness (QED) is 0.754. The molecule has 6 nitrogen and oxygen atoms in total. The number of aryl methyl sites for hydroxylation is 2. The summed E-state index contributed by atoms with van der Waals surface area (Å²) in [7, 11) is 0. The molecule has 3 heterocycles. The van der Waals surface area contributed by atoms with Gasteiger partial charge >= 0.3 is 0 Å². The predicted molar refractivity (Wildman–Crippen MR) is 121 cm³/mol. The van der Waals surface area contributed by atoms with Crippen molar-refractivity contribution in [2.24, 2.45) is 0 Å². The van der Waals surface area contributed by atoms with Crippen molar-refractivity contribution in [3.8, 4) is 0 Å². The number of amides is 2. The maximum atomic E-state index is 13.3. The third-order valence-corrected chi connectivity index (χ3v) is 6.54. The van der Waals surface area contributed by atoms with Gasteiger partial charge in [0.25, 0.3) is 5.91 Å². The van der Waals surface area contributed by atoms with Gasteiger partial charge in [0.2, 0.25) is 5.91 Å². The summed E-state index contributed by atoms with van der Waals surface area (Å²) in [5.41, 5.74) is 3.03. The van der Waals surface area contributed by atoms with E-state index in [-0.39, 0.29) is 17.9 Å². The van der Waals surface area contributed by atoms with E-state index in [0.717, 1.165) is 50.2 Å². The molecule has 0 unspecified atom stereocenters. The average molecular weight is 421 g/mol. The first-order chi connectivity index (χ1) is 15.0. The maximum absolute atomic E-state index is 13.3. The number of rotatable bonds is 6. The molecule has 4 rings (SSSR count). The number of fused-ring (bicyclic) bond motifs is 1. The van der Waals surface area contributed by atoms with Crippen molar-refractivity contribution in [1.29, 1.82) is 0 Å². The molecule has 1 aromatic carbocycles. The van der Waals surface area contributed by atoms with Crippen LogP contribution in [0, 0.1) is 13.8 Å². The average Bonchev–Trinajstić information content (AvgIpc) is 3.13. The van der Waals surface area contributed by atoms with E-state index in [1.807, 2.05) is 44.2 Å². The van der Waals surface area contributed by atoms with E-state index in [4.69, 9.17) is 0 Å². The highest BCUT2D eigenvalue weighted by atomic mass is 16.2. The summed E-state index contributed by atoms with van der Waals surface area (Å²) >= 11 is 0. The van der Waals surface area contributed by atoms with Crippen molar-refractivity contribution < 1.29 is 9.59 Å². The Balaban J connectivity index is 1.40. The molecule has 0 bridgehead atoms. The van der Waals surface area contributed by atoms with E-state index in [9.17, 15) is 9.59 Å². The van der Waals surface area contributed by atoms with Crippen LogP contribution in [0.1, 0.15) is 53.0 Å². The molecule has 164 valence electrons. The number of pyridine rings is 1. The first kappa shape index (κ1) is 21.5. The van der Waals surface area contributed by atoms with Crippen molar-refractivity contribution in [2.45, 2.75) is 57.5 Å². The van der Waals surface area contributed by atoms with Crippen molar-refractivity contribution >= 4 is 11.8 Å². The van der Waals surface area contributed by atoms with Gasteiger partial charge in [-0.2, -0.15) is 0 Å². The summed E-state index contributed by atoms with van der Waals surface area (Å²) in [5, 5.41) is 6.36. The summed E-state index contributed by atoms with van der Waals surface area (Å²) in [5.74, 6) is 0.0218. The smallest absolute Gasteiger partial charge is 0.251 e. The minimum absolute atomic E-state index is 0.0285. The topological polar surface area (TPSA) is 74.3 Å². The number of piperidine rings is 1. The van der Waals surface area contributed by atoms with E-state index < -0.39 is 5.54 Å². The highest BCUT2D eigenvalue weighted by Crippen LogP contribution is 2.38. The molecule has 2 N–H and O–H groups in total. The number of aromatic nitrogens is 1. The Morgan fingerprint density at radius 1 is 1.13 bits per heavy atom. The molecular formula is C25H32N4O2. The first-order valence-corrected chi connectivity index (χ1v) is 11.3. The van der Waals surface area contributed by atoms with Crippen LogP contribution in [0.5, 0.6) is 0 Å². The van der Waals surface area contributed by atoms with Gasteiger partial charge in [-0.05, 0) is 70.2 Å². The zero-order valence-electron chi connectivity index (χ0n) is 18.5. The third-order valence-electron chi connectivity index (χ3n) is 6.54. The Bertz CT molecular complexity index is 926. The first-order valence-electron chi connectivity index (χ1n) is 11.3. The zero-order chi connectivity index (χ0) is 21.8. The Morgan fingerprint density at radius 3 is 2.61 bits per heavy atom. The Hall–Kier alpha value is -2.73. The van der Waals surface area contributed by atoms with Gasteiger partial charge in [-0.25, -0.2) is 0 Å². The van der Waals surface area contributed by atoms with Crippen molar-refractivity contribution in [2.75, 3.05) is 19.6 Å². The Morgan fingerprint density at radius 2 is 1.87 bits per heavy atom. The number of carbonyl (C=O) groups is 2. The largest absolute Gasteiger partial charge is 0.354 e. The van der Waals surface area contributed by atoms with Gasteiger partial charge in [-0.1, -0.05) is 30.3 Å². The summed E-state index contributed by atoms with van der Waals surface area (Å²) in [6, 6.07) is 13.8. The fourth-order valence-electron chi connectivity index (χ4n) is 5.14. The number of hydrogen-bond donors (Lipinski definition) is 2. The fourth-order valence-corrected chi connectivity index (χ4v) is 5.14. The van der Waals surface area contributed by atoms with E-state index in [1.165, 1.54) is 5.56 Å². The molecule has 2 amide bonds. The highest BCUT2D eigenvalue weighted by molar-refractivity contribution is 5.95. The van der Waals surface area contributed by atoms with Crippen LogP contribution < -0.4 is 10.6 Å². The van der Waals surface area contributed by atoms with Gasteiger partial charge in [0, 0.05) is 36.1 Å². The fraction of sp³-hybridized carbons (Fsp3) is 0.480. The summed E-state index contributed by atoms with van der Waals surface area (Å²) in [6.45, 7) is 6.06. The summed E-state index contributed by atoms with van der Waals surface area (Å²) in [6.07, 6.45) is 4.49. The van der Waals surface area contributed by atoms with Gasteiger partial charge in [0.15, 0.2) is 0 Å². The van der Waals surface area contributed by atoms with Gasteiger partial charge < -0.3 is 10.6 Å². The van der Waals surface area contributed by atoms with Crippen LogP contribution in [-0.4, -0.2) is 52.9 Å². The summed E-state index contributed by atoms with van der Waals surface area (Å²) < 4.78 is 0. The molecule has 2 aliphatic rings. The molecule has 2 atom stereocenters. The normalized spacial score (nSPS) is 23.2. The third kappa shape index (κ3) is 4.79. The number of benzene rings is 1. The number of hydrogen-bond acceptors (Lipinski definition) is 4. The van der Waals surface area contributed by atoms with Gasteiger partial charge in [0.1, 0.15) is 5.54 Å². The van der Waals surface area contributed by atoms with Gasteiger partial charge in [-0.3, -0.25) is 19.5 Å². The van der Waals surface area contributed by atoms with Crippen LogP contribution in [0.3, 0.4) is 0 Å². The minimum atomic E-state index is -0.503. The SMILES string of the molecule is Cc1cc(C(=O)N[C@@H]2CN3CCCC[C@@]3(C(=O)NCCc3ccccc3)C2)cc(C)n1. The molecule has 2 fully saturated rings. The molecule has 2 aromatic rings. The Kier molecular flexibility index (Phi) is 6.37. The molecule has 0 aliphatic carbocycles. The number of nitrogens with one attached hydrogen (secondary N) is 2. The Labute approximate surface area is 184 Å². The molecular weight excluding hydrogens is 388 g/mol. The van der Waals surface area contributed by atoms with Crippen LogP contribution in [0.15, 0.2) is 42.5 Å². The number of carbonyl (C=O) groups excluding carboxylic acids is 2. The minimum Gasteiger partial charge on any atom is -0.354 e. The lowest BCUT2D eigenvalue weighted by Gasteiger charge is -2.40. The molecule has 2 saturated heterocycles. The molecule has 0 saturated carbocycles. The molecule has 0 spiro atoms. The standard InChI is InChI=1S/C25H32N4O2/c1-18-14-21(15-19(2)27-18)23(30)28-22-16-25(11-6-7-13-29(25)17-22)24(31)26-12-10-20-8-4-3-5-9-20/h3-5,8-9,14-15,22H,6-7,10-13,16-17H2,1-2H3,(H,26,31)(H,28,30)/t22-,25-/m0/s1. The van der Waals surface area contributed by atoms with Crippen molar-refractivity contribution in [3.63, 3.8) is 0 Å². The molecule has 6 heteroatoms. The van der Waals surface area contributed by atoms with Gasteiger partial charge in [0.05, 0.1) is 0 Å². The van der Waals surface area contributed by atoms with Crippen LogP contribution >= 0.6 is 0 Å². The second-order valence-electron chi connectivity index (χ2n) is 8.94. The van der Waals surface area contributed by atoms with Crippen molar-refractivity contribution in [1.82, 2.24) is 20.5 Å². The number of nitrogens with zero attached hydrogens (tertiary/aromatic N) is 2. The van der Waals surface area contributed by atoms with Crippen LogP contribution in [-0.2, 0) is 11.2 Å². The lowest BCUT2D eigenvalue weighted by Crippen LogP contribution is -2.57. The lowest BCUT2D eigenvalue weighted by molar-refractivity contribution is -0.133. The lowest BCUT2D eigenvalue weighted by atomic mass is 9.84. The van der Waals surface area contributed by atoms with Crippen LogP contribution in [0.2, 0.25) is 0 Å². The predicted octanol–water partition coefficient (Wildman–Crippen LogP) is 2.78. The van der Waals surface area contributed by atoms with Crippen LogP contribution in [0.25, 0.3) is 0 Å². The maximum Gasteiger partial charge on any atom is 0.251 e. The van der Waals surface area contributed by atoms with E-state index in [2.05, 4.69) is 32.7 Å². The second kappa shape index (κ2) is 9.18. The van der Waals surface area contributed by atoms with E-state index in [1.54, 1.807) is 0 Å². The van der Waals surface area contributed by atoms with E-state index >= 15 is 0 Å². The second-order valence-corrected chi connectivity index (χ2v) is 8.94. The molecule has 31 heavy (non-hydrogen) atoms. The molecule has 2 aliphatic heterocycles. The molecule has 1 aromatic heterocycles. The van der Waals surface area contributed by atoms with Crippen molar-refractivity contribution in [3.05, 3.63) is 65.0 Å². The highest BCUT2D eigenvalue weighted by Gasteiger charge is 2.52. The monoisotopic (exact) mass is 420 g/mol. The molecule has 0 radical (unpaired) electrons. The van der Waals surface area contributed by atoms with E-state index in [0.29, 0.717) is 18.5 Å². The van der Waals surface area contributed by atoms with Gasteiger partial charge in [-0.15, -0.1) is 0 Å². The van der Waals surface area contributed by atoms with Crippen LogP contribution in [0.4, 0.5) is 0 Å².